The molecular formula is C14H16BrN3O. The Hall–Kier alpha value is -1.20. The SMILES string of the molecule is CNCC1CCc2nc3cc(Br)ccc3c(=O)n2C1. The van der Waals surface area contributed by atoms with Gasteiger partial charge in [-0.2, -0.15) is 0 Å². The van der Waals surface area contributed by atoms with Crippen LogP contribution in [0.15, 0.2) is 27.5 Å². The molecule has 1 aromatic heterocycles. The Kier molecular flexibility index (Phi) is 3.41. The summed E-state index contributed by atoms with van der Waals surface area (Å²) in [5.41, 5.74) is 0.881. The quantitative estimate of drug-likeness (QED) is 0.919. The average Bonchev–Trinajstić information content (AvgIpc) is 2.40. The minimum atomic E-state index is 0.0910. The highest BCUT2D eigenvalue weighted by atomic mass is 79.9. The number of fused-ring (bicyclic) bond motifs is 2. The number of halogens is 1. The molecular weight excluding hydrogens is 306 g/mol. The average molecular weight is 322 g/mol. The Balaban J connectivity index is 2.12. The van der Waals surface area contributed by atoms with Gasteiger partial charge in [-0.3, -0.25) is 9.36 Å². The van der Waals surface area contributed by atoms with Crippen LogP contribution in [-0.4, -0.2) is 23.1 Å². The summed E-state index contributed by atoms with van der Waals surface area (Å²) in [6.45, 7) is 1.72. The highest BCUT2D eigenvalue weighted by molar-refractivity contribution is 9.10. The molecule has 2 heterocycles. The van der Waals surface area contributed by atoms with Gasteiger partial charge in [0.15, 0.2) is 0 Å². The molecule has 1 aliphatic rings. The maximum Gasteiger partial charge on any atom is 0.261 e. The number of nitrogens with one attached hydrogen (secondary N) is 1. The molecule has 1 aromatic carbocycles. The summed E-state index contributed by atoms with van der Waals surface area (Å²) in [7, 11) is 1.95. The minimum absolute atomic E-state index is 0.0910. The Bertz CT molecular complexity index is 680. The van der Waals surface area contributed by atoms with Gasteiger partial charge >= 0.3 is 0 Å². The molecule has 0 bridgehead atoms. The van der Waals surface area contributed by atoms with Gasteiger partial charge in [-0.15, -0.1) is 0 Å². The molecule has 1 atom stereocenters. The monoisotopic (exact) mass is 321 g/mol. The molecule has 0 aliphatic carbocycles. The van der Waals surface area contributed by atoms with E-state index in [2.05, 4.69) is 26.2 Å². The zero-order valence-electron chi connectivity index (χ0n) is 10.8. The highest BCUT2D eigenvalue weighted by Crippen LogP contribution is 2.20. The molecule has 0 radical (unpaired) electrons. The van der Waals surface area contributed by atoms with Gasteiger partial charge in [0, 0.05) is 17.4 Å². The normalized spacial score (nSPS) is 18.5. The molecule has 1 aliphatic heterocycles. The van der Waals surface area contributed by atoms with Crippen LogP contribution in [0.4, 0.5) is 0 Å². The Morgan fingerprint density at radius 2 is 2.37 bits per heavy atom. The summed E-state index contributed by atoms with van der Waals surface area (Å²) in [5.74, 6) is 1.44. The molecule has 0 amide bonds. The second kappa shape index (κ2) is 5.06. The molecule has 4 nitrogen and oxygen atoms in total. The first-order valence-electron chi connectivity index (χ1n) is 6.52. The van der Waals surface area contributed by atoms with Crippen molar-refractivity contribution in [2.24, 2.45) is 5.92 Å². The first-order chi connectivity index (χ1) is 9.19. The van der Waals surface area contributed by atoms with E-state index in [0.717, 1.165) is 41.7 Å². The summed E-state index contributed by atoms with van der Waals surface area (Å²) >= 11 is 3.43. The van der Waals surface area contributed by atoms with Crippen molar-refractivity contribution >= 4 is 26.8 Å². The summed E-state index contributed by atoms with van der Waals surface area (Å²) in [6, 6.07) is 5.66. The first kappa shape index (κ1) is 12.8. The molecule has 0 saturated heterocycles. The van der Waals surface area contributed by atoms with Crippen molar-refractivity contribution < 1.29 is 0 Å². The van der Waals surface area contributed by atoms with Gasteiger partial charge in [0.2, 0.25) is 0 Å². The van der Waals surface area contributed by atoms with Gasteiger partial charge in [0.1, 0.15) is 5.82 Å². The van der Waals surface area contributed by atoms with Crippen LogP contribution >= 0.6 is 15.9 Å². The molecule has 5 heteroatoms. The third-order valence-corrected chi connectivity index (χ3v) is 4.20. The zero-order valence-corrected chi connectivity index (χ0v) is 12.4. The van der Waals surface area contributed by atoms with Crippen LogP contribution in [0.25, 0.3) is 10.9 Å². The topological polar surface area (TPSA) is 46.9 Å². The van der Waals surface area contributed by atoms with E-state index in [1.54, 1.807) is 0 Å². The maximum absolute atomic E-state index is 12.5. The van der Waals surface area contributed by atoms with Crippen molar-refractivity contribution in [3.63, 3.8) is 0 Å². The van der Waals surface area contributed by atoms with Crippen molar-refractivity contribution in [3.8, 4) is 0 Å². The molecule has 3 rings (SSSR count). The van der Waals surface area contributed by atoms with E-state index in [9.17, 15) is 4.79 Å². The summed E-state index contributed by atoms with van der Waals surface area (Å²) in [5, 5.41) is 3.90. The third kappa shape index (κ3) is 2.32. The molecule has 19 heavy (non-hydrogen) atoms. The van der Waals surface area contributed by atoms with Crippen molar-refractivity contribution in [3.05, 3.63) is 38.9 Å². The fourth-order valence-electron chi connectivity index (χ4n) is 2.76. The van der Waals surface area contributed by atoms with Crippen LogP contribution in [0.5, 0.6) is 0 Å². The lowest BCUT2D eigenvalue weighted by molar-refractivity contribution is 0.346. The number of hydrogen-bond donors (Lipinski definition) is 1. The van der Waals surface area contributed by atoms with Gasteiger partial charge in [0.05, 0.1) is 10.9 Å². The number of benzene rings is 1. The lowest BCUT2D eigenvalue weighted by atomic mass is 9.99. The number of rotatable bonds is 2. The maximum atomic E-state index is 12.5. The van der Waals surface area contributed by atoms with Crippen molar-refractivity contribution in [2.75, 3.05) is 13.6 Å². The van der Waals surface area contributed by atoms with Crippen LogP contribution in [0.2, 0.25) is 0 Å². The van der Waals surface area contributed by atoms with Crippen LogP contribution in [0.3, 0.4) is 0 Å². The first-order valence-corrected chi connectivity index (χ1v) is 7.32. The van der Waals surface area contributed by atoms with Gasteiger partial charge < -0.3 is 5.32 Å². The molecule has 0 saturated carbocycles. The lowest BCUT2D eigenvalue weighted by Crippen LogP contribution is -2.36. The molecule has 0 spiro atoms. The summed E-state index contributed by atoms with van der Waals surface area (Å²) < 4.78 is 2.81. The van der Waals surface area contributed by atoms with Gasteiger partial charge in [0.25, 0.3) is 5.56 Å². The van der Waals surface area contributed by atoms with E-state index < -0.39 is 0 Å². The Morgan fingerprint density at radius 1 is 1.53 bits per heavy atom. The van der Waals surface area contributed by atoms with Crippen molar-refractivity contribution in [1.29, 1.82) is 0 Å². The van der Waals surface area contributed by atoms with Gasteiger partial charge in [-0.1, -0.05) is 15.9 Å². The van der Waals surface area contributed by atoms with Gasteiger partial charge in [-0.05, 0) is 44.1 Å². The van der Waals surface area contributed by atoms with Crippen LogP contribution in [-0.2, 0) is 13.0 Å². The summed E-state index contributed by atoms with van der Waals surface area (Å²) in [4.78, 5) is 17.2. The van der Waals surface area contributed by atoms with Crippen LogP contribution < -0.4 is 10.9 Å². The molecule has 1 unspecified atom stereocenters. The van der Waals surface area contributed by atoms with Crippen molar-refractivity contribution in [2.45, 2.75) is 19.4 Å². The third-order valence-electron chi connectivity index (χ3n) is 3.71. The molecule has 2 aromatic rings. The fraction of sp³-hybridized carbons (Fsp3) is 0.429. The Labute approximate surface area is 120 Å². The molecule has 0 fully saturated rings. The van der Waals surface area contributed by atoms with Crippen molar-refractivity contribution in [1.82, 2.24) is 14.9 Å². The van der Waals surface area contributed by atoms with E-state index in [1.165, 1.54) is 0 Å². The van der Waals surface area contributed by atoms with E-state index in [0.29, 0.717) is 11.3 Å². The zero-order chi connectivity index (χ0) is 13.4. The molecule has 100 valence electrons. The number of aryl methyl sites for hydroxylation is 1. The van der Waals surface area contributed by atoms with E-state index in [-0.39, 0.29) is 5.56 Å². The van der Waals surface area contributed by atoms with E-state index in [1.807, 2.05) is 29.8 Å². The smallest absolute Gasteiger partial charge is 0.261 e. The van der Waals surface area contributed by atoms with Gasteiger partial charge in [-0.25, -0.2) is 4.98 Å². The van der Waals surface area contributed by atoms with Crippen LogP contribution in [0, 0.1) is 5.92 Å². The lowest BCUT2D eigenvalue weighted by Gasteiger charge is -2.25. The van der Waals surface area contributed by atoms with Crippen LogP contribution in [0.1, 0.15) is 12.2 Å². The predicted molar refractivity (Wildman–Crippen MR) is 79.4 cm³/mol. The summed E-state index contributed by atoms with van der Waals surface area (Å²) in [6.07, 6.45) is 1.97. The fourth-order valence-corrected chi connectivity index (χ4v) is 3.11. The second-order valence-corrected chi connectivity index (χ2v) is 5.98. The second-order valence-electron chi connectivity index (χ2n) is 5.07. The Morgan fingerprint density at radius 3 is 3.16 bits per heavy atom. The standard InChI is InChI=1S/C14H16BrN3O/c1-16-7-9-2-5-13-17-12-6-10(15)3-4-11(12)14(19)18(13)8-9/h3-4,6,9,16H,2,5,7-8H2,1H3. The van der Waals surface area contributed by atoms with E-state index >= 15 is 0 Å². The predicted octanol–water partition coefficient (Wildman–Crippen LogP) is 1.94. The molecule has 1 N–H and O–H groups in total. The van der Waals surface area contributed by atoms with E-state index in [4.69, 9.17) is 0 Å². The number of hydrogen-bond acceptors (Lipinski definition) is 3. The minimum Gasteiger partial charge on any atom is -0.319 e. The number of nitrogens with zero attached hydrogens (tertiary/aromatic N) is 2. The number of aromatic nitrogens is 2. The highest BCUT2D eigenvalue weighted by Gasteiger charge is 2.21. The largest absolute Gasteiger partial charge is 0.319 e.